The molecule has 3 rings (SSSR count). The molecule has 0 fully saturated rings. The van der Waals surface area contributed by atoms with Crippen LogP contribution < -0.4 is 15.2 Å². The maximum Gasteiger partial charge on any atom is 0.142 e. The summed E-state index contributed by atoms with van der Waals surface area (Å²) in [6, 6.07) is 19.6. The van der Waals surface area contributed by atoms with Crippen molar-refractivity contribution in [1.82, 2.24) is 4.98 Å². The van der Waals surface area contributed by atoms with Gasteiger partial charge in [-0.1, -0.05) is 38.3 Å². The summed E-state index contributed by atoms with van der Waals surface area (Å²) in [4.78, 5) is 4.45. The Morgan fingerprint density at radius 2 is 1.52 bits per heavy atom. The molecule has 0 bridgehead atoms. The van der Waals surface area contributed by atoms with E-state index in [0.29, 0.717) is 24.5 Å². The van der Waals surface area contributed by atoms with Gasteiger partial charge in [-0.25, -0.2) is 4.98 Å². The Morgan fingerprint density at radius 1 is 0.871 bits per heavy atom. The van der Waals surface area contributed by atoms with Gasteiger partial charge in [0.15, 0.2) is 0 Å². The molecule has 0 aliphatic carbocycles. The predicted molar refractivity (Wildman–Crippen MR) is 125 cm³/mol. The maximum atomic E-state index is 9.65. The first-order chi connectivity index (χ1) is 15.2. The zero-order chi connectivity index (χ0) is 22.1. The van der Waals surface area contributed by atoms with Crippen molar-refractivity contribution in [2.24, 2.45) is 0 Å². The van der Waals surface area contributed by atoms with E-state index in [0.717, 1.165) is 34.6 Å². The van der Waals surface area contributed by atoms with Gasteiger partial charge in [-0.3, -0.25) is 0 Å². The fraction of sp³-hybridized carbons (Fsp3) is 0.308. The molecule has 160 valence electrons. The quantitative estimate of drug-likeness (QED) is 0.397. The SMILES string of the molecule is CCCCCCOc1ccc(-c2cc(-c3ccc(OCC)cc3)nc(N)c2C#N)cc1. The lowest BCUT2D eigenvalue weighted by atomic mass is 9.98. The van der Waals surface area contributed by atoms with E-state index in [1.165, 1.54) is 19.3 Å². The van der Waals surface area contributed by atoms with Crippen molar-refractivity contribution in [2.45, 2.75) is 39.5 Å². The minimum absolute atomic E-state index is 0.222. The first kappa shape index (κ1) is 22.2. The number of aromatic nitrogens is 1. The number of nitrogen functional groups attached to an aromatic ring is 1. The number of anilines is 1. The van der Waals surface area contributed by atoms with Crippen LogP contribution in [0.4, 0.5) is 5.82 Å². The Bertz CT molecular complexity index is 1020. The highest BCUT2D eigenvalue weighted by atomic mass is 16.5. The highest BCUT2D eigenvalue weighted by Gasteiger charge is 2.14. The molecule has 0 radical (unpaired) electrons. The van der Waals surface area contributed by atoms with E-state index in [4.69, 9.17) is 15.2 Å². The molecule has 3 aromatic rings. The number of hydrogen-bond acceptors (Lipinski definition) is 5. The van der Waals surface area contributed by atoms with E-state index in [-0.39, 0.29) is 5.82 Å². The second kappa shape index (κ2) is 11.0. The van der Waals surface area contributed by atoms with Gasteiger partial charge in [0.2, 0.25) is 0 Å². The second-order valence-corrected chi connectivity index (χ2v) is 7.32. The molecule has 0 atom stereocenters. The van der Waals surface area contributed by atoms with Crippen LogP contribution in [0.15, 0.2) is 54.6 Å². The molecule has 5 nitrogen and oxygen atoms in total. The molecular weight excluding hydrogens is 386 g/mol. The Morgan fingerprint density at radius 3 is 2.13 bits per heavy atom. The van der Waals surface area contributed by atoms with Gasteiger partial charge in [-0.05, 0) is 61.4 Å². The molecule has 0 amide bonds. The molecule has 31 heavy (non-hydrogen) atoms. The van der Waals surface area contributed by atoms with Gasteiger partial charge in [0.25, 0.3) is 0 Å². The second-order valence-electron chi connectivity index (χ2n) is 7.32. The standard InChI is InChI=1S/C26H29N3O2/c1-3-5-6-7-16-31-22-12-8-19(9-13-22)23-17-25(29-26(28)24(23)18-27)20-10-14-21(15-11-20)30-4-2/h8-15,17H,3-7,16H2,1-2H3,(H2,28,29). The summed E-state index contributed by atoms with van der Waals surface area (Å²) in [6.45, 7) is 5.48. The van der Waals surface area contributed by atoms with Gasteiger partial charge in [0, 0.05) is 11.1 Å². The van der Waals surface area contributed by atoms with Crippen molar-refractivity contribution in [3.8, 4) is 40.0 Å². The number of nitrogens with two attached hydrogens (primary N) is 1. The van der Waals surface area contributed by atoms with E-state index < -0.39 is 0 Å². The Kier molecular flexibility index (Phi) is 7.89. The van der Waals surface area contributed by atoms with Crippen LogP contribution in [0.5, 0.6) is 11.5 Å². The third-order valence-electron chi connectivity index (χ3n) is 5.05. The summed E-state index contributed by atoms with van der Waals surface area (Å²) in [5, 5.41) is 9.65. The molecule has 5 heteroatoms. The van der Waals surface area contributed by atoms with Gasteiger partial charge in [-0.2, -0.15) is 5.26 Å². The molecule has 1 heterocycles. The van der Waals surface area contributed by atoms with Crippen LogP contribution in [0.2, 0.25) is 0 Å². The summed E-state index contributed by atoms with van der Waals surface area (Å²) in [7, 11) is 0. The third kappa shape index (κ3) is 5.76. The minimum Gasteiger partial charge on any atom is -0.494 e. The van der Waals surface area contributed by atoms with Crippen LogP contribution in [-0.4, -0.2) is 18.2 Å². The lowest BCUT2D eigenvalue weighted by molar-refractivity contribution is 0.305. The largest absolute Gasteiger partial charge is 0.494 e. The van der Waals surface area contributed by atoms with E-state index in [1.54, 1.807) is 0 Å². The van der Waals surface area contributed by atoms with Gasteiger partial charge >= 0.3 is 0 Å². The van der Waals surface area contributed by atoms with Crippen LogP contribution in [0.3, 0.4) is 0 Å². The number of unbranched alkanes of at least 4 members (excludes halogenated alkanes) is 3. The highest BCUT2D eigenvalue weighted by Crippen LogP contribution is 2.32. The number of ether oxygens (including phenoxy) is 2. The number of pyridine rings is 1. The van der Waals surface area contributed by atoms with E-state index in [1.807, 2.05) is 61.5 Å². The first-order valence-electron chi connectivity index (χ1n) is 10.8. The molecule has 1 aromatic heterocycles. The average Bonchev–Trinajstić information content (AvgIpc) is 2.79. The van der Waals surface area contributed by atoms with Crippen molar-refractivity contribution in [3.63, 3.8) is 0 Å². The first-order valence-corrected chi connectivity index (χ1v) is 10.8. The zero-order valence-corrected chi connectivity index (χ0v) is 18.2. The Labute approximate surface area is 184 Å². The fourth-order valence-electron chi connectivity index (χ4n) is 3.40. The van der Waals surface area contributed by atoms with Crippen molar-refractivity contribution < 1.29 is 9.47 Å². The van der Waals surface area contributed by atoms with Crippen molar-refractivity contribution >= 4 is 5.82 Å². The number of benzene rings is 2. The lowest BCUT2D eigenvalue weighted by Gasteiger charge is -2.12. The van der Waals surface area contributed by atoms with E-state index in [9.17, 15) is 5.26 Å². The van der Waals surface area contributed by atoms with E-state index >= 15 is 0 Å². The number of nitriles is 1. The third-order valence-corrected chi connectivity index (χ3v) is 5.05. The number of nitrogens with zero attached hydrogens (tertiary/aromatic N) is 2. The molecule has 2 aromatic carbocycles. The Balaban J connectivity index is 1.84. The summed E-state index contributed by atoms with van der Waals surface area (Å²) in [5.41, 5.74) is 9.80. The summed E-state index contributed by atoms with van der Waals surface area (Å²) in [5.74, 6) is 1.85. The van der Waals surface area contributed by atoms with Crippen molar-refractivity contribution in [1.29, 1.82) is 5.26 Å². The maximum absolute atomic E-state index is 9.65. The van der Waals surface area contributed by atoms with Crippen LogP contribution in [-0.2, 0) is 0 Å². The molecule has 0 unspecified atom stereocenters. The molecule has 0 saturated heterocycles. The normalized spacial score (nSPS) is 10.5. The molecule has 0 spiro atoms. The minimum atomic E-state index is 0.222. The van der Waals surface area contributed by atoms with Gasteiger partial charge < -0.3 is 15.2 Å². The average molecular weight is 416 g/mol. The summed E-state index contributed by atoms with van der Waals surface area (Å²) < 4.78 is 11.3. The summed E-state index contributed by atoms with van der Waals surface area (Å²) in [6.07, 6.45) is 4.69. The number of hydrogen-bond donors (Lipinski definition) is 1. The van der Waals surface area contributed by atoms with Crippen molar-refractivity contribution in [3.05, 3.63) is 60.2 Å². The van der Waals surface area contributed by atoms with Crippen LogP contribution >= 0.6 is 0 Å². The van der Waals surface area contributed by atoms with Crippen LogP contribution in [0.1, 0.15) is 45.1 Å². The summed E-state index contributed by atoms with van der Waals surface area (Å²) >= 11 is 0. The van der Waals surface area contributed by atoms with Gasteiger partial charge in [0.05, 0.1) is 18.9 Å². The molecular formula is C26H29N3O2. The molecule has 2 N–H and O–H groups in total. The smallest absolute Gasteiger partial charge is 0.142 e. The molecule has 0 saturated carbocycles. The fourth-order valence-corrected chi connectivity index (χ4v) is 3.40. The van der Waals surface area contributed by atoms with E-state index in [2.05, 4.69) is 18.0 Å². The number of rotatable bonds is 10. The molecule has 0 aliphatic rings. The topological polar surface area (TPSA) is 81.2 Å². The predicted octanol–water partition coefficient (Wildman–Crippen LogP) is 6.23. The lowest BCUT2D eigenvalue weighted by Crippen LogP contribution is -2.00. The van der Waals surface area contributed by atoms with Crippen molar-refractivity contribution in [2.75, 3.05) is 18.9 Å². The van der Waals surface area contributed by atoms with Crippen LogP contribution in [0, 0.1) is 11.3 Å². The van der Waals surface area contributed by atoms with Crippen LogP contribution in [0.25, 0.3) is 22.4 Å². The zero-order valence-electron chi connectivity index (χ0n) is 18.2. The van der Waals surface area contributed by atoms with Gasteiger partial charge in [-0.15, -0.1) is 0 Å². The van der Waals surface area contributed by atoms with Gasteiger partial charge in [0.1, 0.15) is 28.9 Å². The Hall–Kier alpha value is -3.52. The monoisotopic (exact) mass is 415 g/mol. The molecule has 0 aliphatic heterocycles. The highest BCUT2D eigenvalue weighted by molar-refractivity contribution is 5.80.